The fourth-order valence-corrected chi connectivity index (χ4v) is 6.93. The molecule has 0 aromatic heterocycles. The van der Waals surface area contributed by atoms with Gasteiger partial charge in [0.2, 0.25) is 5.91 Å². The quantitative estimate of drug-likeness (QED) is 0.827. The minimum Gasteiger partial charge on any atom is -0.445 e. The predicted octanol–water partition coefficient (Wildman–Crippen LogP) is 4.26. The van der Waals surface area contributed by atoms with Crippen molar-refractivity contribution < 1.29 is 14.3 Å². The van der Waals surface area contributed by atoms with Crippen LogP contribution < -0.4 is 5.32 Å². The normalized spacial score (nSPS) is 37.6. The molecule has 4 bridgehead atoms. The number of ether oxygens (including phenoxy) is 1. The number of hydrogen-bond donors (Lipinski definition) is 1. The minimum absolute atomic E-state index is 0.0219. The molecule has 29 heavy (non-hydrogen) atoms. The maximum absolute atomic E-state index is 13.5. The Balaban J connectivity index is 1.26. The van der Waals surface area contributed by atoms with Crippen molar-refractivity contribution in [1.82, 2.24) is 10.2 Å². The fourth-order valence-electron chi connectivity index (χ4n) is 6.93. The first-order chi connectivity index (χ1) is 14.0. The molecular formula is C24H32N2O3. The molecule has 5 fully saturated rings. The zero-order valence-electron chi connectivity index (χ0n) is 17.4. The predicted molar refractivity (Wildman–Crippen MR) is 110 cm³/mol. The Bertz CT molecular complexity index is 757. The van der Waals surface area contributed by atoms with Gasteiger partial charge in [-0.15, -0.1) is 0 Å². The van der Waals surface area contributed by atoms with Crippen LogP contribution in [-0.4, -0.2) is 34.5 Å². The number of rotatable bonds is 4. The summed E-state index contributed by atoms with van der Waals surface area (Å²) in [4.78, 5) is 28.0. The maximum atomic E-state index is 13.5. The van der Waals surface area contributed by atoms with E-state index < -0.39 is 5.54 Å². The third kappa shape index (κ3) is 3.43. The van der Waals surface area contributed by atoms with Gasteiger partial charge in [0.05, 0.1) is 0 Å². The topological polar surface area (TPSA) is 58.6 Å². The molecule has 4 aliphatic carbocycles. The van der Waals surface area contributed by atoms with Gasteiger partial charge < -0.3 is 10.1 Å². The molecule has 6 rings (SSSR count). The summed E-state index contributed by atoms with van der Waals surface area (Å²) in [7, 11) is 0. The molecule has 1 aliphatic heterocycles. The highest BCUT2D eigenvalue weighted by Crippen LogP contribution is 2.55. The van der Waals surface area contributed by atoms with E-state index in [1.54, 1.807) is 4.90 Å². The highest BCUT2D eigenvalue weighted by molar-refractivity contribution is 5.90. The molecule has 1 heterocycles. The third-order valence-corrected chi connectivity index (χ3v) is 7.97. The van der Waals surface area contributed by atoms with Crippen LogP contribution in [0.2, 0.25) is 0 Å². The Hall–Kier alpha value is -2.04. The van der Waals surface area contributed by atoms with Crippen LogP contribution >= 0.6 is 0 Å². The summed E-state index contributed by atoms with van der Waals surface area (Å²) < 4.78 is 5.56. The average Bonchev–Trinajstić information content (AvgIpc) is 3.09. The van der Waals surface area contributed by atoms with Crippen LogP contribution in [0.25, 0.3) is 0 Å². The van der Waals surface area contributed by atoms with Crippen LogP contribution in [0, 0.1) is 17.8 Å². The summed E-state index contributed by atoms with van der Waals surface area (Å²) >= 11 is 0. The molecule has 0 radical (unpaired) electrons. The van der Waals surface area contributed by atoms with Crippen molar-refractivity contribution in [3.05, 3.63) is 35.9 Å². The lowest BCUT2D eigenvalue weighted by Crippen LogP contribution is -2.65. The van der Waals surface area contributed by atoms with Gasteiger partial charge in [-0.2, -0.15) is 0 Å². The maximum Gasteiger partial charge on any atom is 0.410 e. The lowest BCUT2D eigenvalue weighted by atomic mass is 9.53. The number of nitrogens with one attached hydrogen (secondary N) is 1. The van der Waals surface area contributed by atoms with Gasteiger partial charge in [-0.25, -0.2) is 4.79 Å². The van der Waals surface area contributed by atoms with Crippen molar-refractivity contribution in [1.29, 1.82) is 0 Å². The van der Waals surface area contributed by atoms with E-state index in [1.165, 1.54) is 19.3 Å². The third-order valence-electron chi connectivity index (χ3n) is 7.97. The van der Waals surface area contributed by atoms with E-state index in [4.69, 9.17) is 4.74 Å². The Labute approximate surface area is 173 Å². The van der Waals surface area contributed by atoms with Crippen molar-refractivity contribution >= 4 is 12.0 Å². The molecule has 1 saturated heterocycles. The first-order valence-electron chi connectivity index (χ1n) is 11.3. The number of nitrogens with zero attached hydrogens (tertiary/aromatic N) is 1. The smallest absolute Gasteiger partial charge is 0.410 e. The molecule has 4 saturated carbocycles. The minimum atomic E-state index is -0.808. The van der Waals surface area contributed by atoms with Crippen molar-refractivity contribution in [3.63, 3.8) is 0 Å². The highest BCUT2D eigenvalue weighted by Gasteiger charge is 2.54. The van der Waals surface area contributed by atoms with Crippen molar-refractivity contribution in [2.24, 2.45) is 17.8 Å². The standard InChI is InChI=1S/C24H32N2O3/c1-23(8-5-9-26(23)22(28)29-16-17-6-3-2-4-7-17)21(27)25-24-13-18-10-19(14-24)12-20(11-18)15-24/h2-4,6-7,18-20H,5,8-16H2,1H3,(H,25,27). The Morgan fingerprint density at radius 1 is 1.07 bits per heavy atom. The second-order valence-electron chi connectivity index (χ2n) is 10.2. The van der Waals surface area contributed by atoms with Gasteiger partial charge in [-0.1, -0.05) is 30.3 Å². The average molecular weight is 397 g/mol. The number of hydrogen-bond acceptors (Lipinski definition) is 3. The SMILES string of the molecule is CC1(C(=O)NC23CC4CC(CC(C4)C2)C3)CCCN1C(=O)OCc1ccccc1. The number of carbonyl (C=O) groups is 2. The summed E-state index contributed by atoms with van der Waals surface area (Å²) in [5, 5.41) is 3.48. The molecule has 0 spiro atoms. The number of carbonyl (C=O) groups excluding carboxylic acids is 2. The summed E-state index contributed by atoms with van der Waals surface area (Å²) in [5.41, 5.74) is 0.119. The zero-order chi connectivity index (χ0) is 20.1. The Morgan fingerprint density at radius 3 is 2.31 bits per heavy atom. The second kappa shape index (κ2) is 7.03. The van der Waals surface area contributed by atoms with Gasteiger partial charge >= 0.3 is 6.09 Å². The van der Waals surface area contributed by atoms with Crippen LogP contribution in [0.15, 0.2) is 30.3 Å². The van der Waals surface area contributed by atoms with Gasteiger partial charge in [0.15, 0.2) is 0 Å². The van der Waals surface area contributed by atoms with Crippen LogP contribution in [0.3, 0.4) is 0 Å². The van der Waals surface area contributed by atoms with Crippen LogP contribution in [0.5, 0.6) is 0 Å². The van der Waals surface area contributed by atoms with Crippen molar-refractivity contribution in [3.8, 4) is 0 Å². The first kappa shape index (κ1) is 19.0. The molecule has 2 amide bonds. The van der Waals surface area contributed by atoms with E-state index in [9.17, 15) is 9.59 Å². The molecule has 5 nitrogen and oxygen atoms in total. The van der Waals surface area contributed by atoms with E-state index in [1.807, 2.05) is 37.3 Å². The molecular weight excluding hydrogens is 364 g/mol. The van der Waals surface area contributed by atoms with E-state index in [-0.39, 0.29) is 24.1 Å². The van der Waals surface area contributed by atoms with Crippen molar-refractivity contribution in [2.45, 2.75) is 76.0 Å². The van der Waals surface area contributed by atoms with Crippen LogP contribution in [0.4, 0.5) is 4.79 Å². The number of likely N-dealkylation sites (tertiary alicyclic amines) is 1. The monoisotopic (exact) mass is 396 g/mol. The molecule has 5 aliphatic rings. The first-order valence-corrected chi connectivity index (χ1v) is 11.3. The summed E-state index contributed by atoms with van der Waals surface area (Å²) in [6.45, 7) is 2.74. The fraction of sp³-hybridized carbons (Fsp3) is 0.667. The molecule has 1 unspecified atom stereocenters. The van der Waals surface area contributed by atoms with Crippen molar-refractivity contribution in [2.75, 3.05) is 6.54 Å². The second-order valence-corrected chi connectivity index (χ2v) is 10.2. The van der Waals surface area contributed by atoms with Gasteiger partial charge in [-0.3, -0.25) is 9.69 Å². The number of benzene rings is 1. The summed E-state index contributed by atoms with van der Waals surface area (Å²) in [6, 6.07) is 9.69. The van der Waals surface area contributed by atoms with E-state index in [0.29, 0.717) is 13.0 Å². The van der Waals surface area contributed by atoms with Crippen LogP contribution in [-0.2, 0) is 16.1 Å². The highest BCUT2D eigenvalue weighted by atomic mass is 16.6. The lowest BCUT2D eigenvalue weighted by molar-refractivity contribution is -0.136. The van der Waals surface area contributed by atoms with Gasteiger partial charge in [0.1, 0.15) is 12.1 Å². The largest absolute Gasteiger partial charge is 0.445 e. The summed E-state index contributed by atoms with van der Waals surface area (Å²) in [5.74, 6) is 2.37. The van der Waals surface area contributed by atoms with Gasteiger partial charge in [0, 0.05) is 12.1 Å². The van der Waals surface area contributed by atoms with E-state index >= 15 is 0 Å². The zero-order valence-corrected chi connectivity index (χ0v) is 17.4. The van der Waals surface area contributed by atoms with Gasteiger partial charge in [-0.05, 0) is 81.6 Å². The number of amides is 2. The Kier molecular flexibility index (Phi) is 4.60. The molecule has 5 heteroatoms. The summed E-state index contributed by atoms with van der Waals surface area (Å²) in [6.07, 6.45) is 8.59. The lowest BCUT2D eigenvalue weighted by Gasteiger charge is -2.57. The van der Waals surface area contributed by atoms with Gasteiger partial charge in [0.25, 0.3) is 0 Å². The van der Waals surface area contributed by atoms with E-state index in [2.05, 4.69) is 5.32 Å². The molecule has 1 aromatic carbocycles. The molecule has 1 N–H and O–H groups in total. The van der Waals surface area contributed by atoms with E-state index in [0.717, 1.165) is 49.0 Å². The Morgan fingerprint density at radius 2 is 1.69 bits per heavy atom. The van der Waals surface area contributed by atoms with Crippen LogP contribution in [0.1, 0.15) is 63.9 Å². The molecule has 1 aromatic rings. The molecule has 1 atom stereocenters. The molecule has 156 valence electrons.